The van der Waals surface area contributed by atoms with Crippen LogP contribution in [0.1, 0.15) is 0 Å². The highest BCUT2D eigenvalue weighted by atomic mass is 35.5. The molecule has 1 unspecified atom stereocenters. The minimum Gasteiger partial charge on any atom is -0.359 e. The van der Waals surface area contributed by atoms with Crippen LogP contribution in [-0.4, -0.2) is 35.7 Å². The fourth-order valence-corrected chi connectivity index (χ4v) is 1.58. The first-order chi connectivity index (χ1) is 5.25. The van der Waals surface area contributed by atoms with Crippen molar-refractivity contribution in [1.82, 2.24) is 4.90 Å². The summed E-state index contributed by atoms with van der Waals surface area (Å²) in [5.74, 6) is 0. The molecule has 0 aromatic carbocycles. The summed E-state index contributed by atoms with van der Waals surface area (Å²) in [7, 11) is 0. The van der Waals surface area contributed by atoms with Gasteiger partial charge in [-0.05, 0) is 0 Å². The van der Waals surface area contributed by atoms with Crippen LogP contribution in [0.3, 0.4) is 0 Å². The molecule has 1 aliphatic heterocycles. The SMILES string of the molecule is C=CCN1CCOC1C(Cl)Cl. The molecule has 0 aromatic heterocycles. The largest absolute Gasteiger partial charge is 0.359 e. The van der Waals surface area contributed by atoms with Crippen LogP contribution in [0.25, 0.3) is 0 Å². The normalized spacial score (nSPS) is 26.3. The van der Waals surface area contributed by atoms with Crippen molar-refractivity contribution >= 4 is 23.2 Å². The van der Waals surface area contributed by atoms with Gasteiger partial charge in [-0.3, -0.25) is 4.90 Å². The Morgan fingerprint density at radius 3 is 3.00 bits per heavy atom. The molecule has 1 saturated heterocycles. The molecule has 2 nitrogen and oxygen atoms in total. The van der Waals surface area contributed by atoms with E-state index < -0.39 is 4.84 Å². The molecule has 11 heavy (non-hydrogen) atoms. The topological polar surface area (TPSA) is 12.5 Å². The maximum atomic E-state index is 5.68. The molecule has 1 atom stereocenters. The number of nitrogens with zero attached hydrogens (tertiary/aromatic N) is 1. The zero-order valence-electron chi connectivity index (χ0n) is 6.17. The molecule has 0 saturated carbocycles. The van der Waals surface area contributed by atoms with Crippen molar-refractivity contribution in [2.45, 2.75) is 11.1 Å². The van der Waals surface area contributed by atoms with E-state index in [-0.39, 0.29) is 6.23 Å². The van der Waals surface area contributed by atoms with Crippen molar-refractivity contribution in [3.8, 4) is 0 Å². The minimum atomic E-state index is -0.475. The lowest BCUT2D eigenvalue weighted by Crippen LogP contribution is -2.34. The zero-order valence-corrected chi connectivity index (χ0v) is 7.68. The Hall–Kier alpha value is 0.240. The van der Waals surface area contributed by atoms with Gasteiger partial charge in [0, 0.05) is 13.1 Å². The molecule has 1 rings (SSSR count). The monoisotopic (exact) mass is 195 g/mol. The van der Waals surface area contributed by atoms with Crippen molar-refractivity contribution in [2.24, 2.45) is 0 Å². The van der Waals surface area contributed by atoms with Gasteiger partial charge in [-0.15, -0.1) is 29.8 Å². The van der Waals surface area contributed by atoms with E-state index in [1.165, 1.54) is 0 Å². The van der Waals surface area contributed by atoms with Crippen molar-refractivity contribution in [2.75, 3.05) is 19.7 Å². The van der Waals surface area contributed by atoms with Crippen molar-refractivity contribution in [1.29, 1.82) is 0 Å². The van der Waals surface area contributed by atoms with E-state index in [0.717, 1.165) is 13.1 Å². The summed E-state index contributed by atoms with van der Waals surface area (Å²) in [4.78, 5) is 1.58. The zero-order chi connectivity index (χ0) is 8.27. The number of alkyl halides is 2. The van der Waals surface area contributed by atoms with Gasteiger partial charge in [-0.25, -0.2) is 0 Å². The number of rotatable bonds is 3. The Bertz CT molecular complexity index is 140. The Labute approximate surface area is 76.7 Å². The number of halogens is 2. The summed E-state index contributed by atoms with van der Waals surface area (Å²) >= 11 is 11.4. The van der Waals surface area contributed by atoms with E-state index in [1.807, 2.05) is 6.08 Å². The Balaban J connectivity index is 2.43. The van der Waals surface area contributed by atoms with Crippen molar-refractivity contribution in [3.63, 3.8) is 0 Å². The fourth-order valence-electron chi connectivity index (χ4n) is 1.12. The van der Waals surface area contributed by atoms with Gasteiger partial charge in [0.2, 0.25) is 0 Å². The molecule has 64 valence electrons. The van der Waals surface area contributed by atoms with E-state index in [2.05, 4.69) is 11.5 Å². The second-order valence-corrected chi connectivity index (χ2v) is 3.54. The quantitative estimate of drug-likeness (QED) is 0.502. The summed E-state index contributed by atoms with van der Waals surface area (Å²) in [5, 5.41) is 0. The van der Waals surface area contributed by atoms with Crippen LogP contribution in [-0.2, 0) is 4.74 Å². The van der Waals surface area contributed by atoms with Gasteiger partial charge in [0.05, 0.1) is 6.61 Å². The van der Waals surface area contributed by atoms with E-state index in [0.29, 0.717) is 6.61 Å². The van der Waals surface area contributed by atoms with Gasteiger partial charge < -0.3 is 4.74 Å². The van der Waals surface area contributed by atoms with E-state index >= 15 is 0 Å². The predicted octanol–water partition coefficient (Wildman–Crippen LogP) is 1.63. The lowest BCUT2D eigenvalue weighted by Gasteiger charge is -2.21. The van der Waals surface area contributed by atoms with E-state index in [1.54, 1.807) is 0 Å². The Morgan fingerprint density at radius 2 is 2.45 bits per heavy atom. The van der Waals surface area contributed by atoms with Gasteiger partial charge in [0.1, 0.15) is 11.1 Å². The molecule has 0 aliphatic carbocycles. The first-order valence-corrected chi connectivity index (χ1v) is 4.37. The molecular weight excluding hydrogens is 185 g/mol. The average Bonchev–Trinajstić information content (AvgIpc) is 2.36. The molecule has 4 heteroatoms. The molecular formula is C7H11Cl2NO. The van der Waals surface area contributed by atoms with Crippen LogP contribution < -0.4 is 0 Å². The number of hydrogen-bond donors (Lipinski definition) is 0. The smallest absolute Gasteiger partial charge is 0.147 e. The van der Waals surface area contributed by atoms with Crippen LogP contribution in [0, 0.1) is 0 Å². The van der Waals surface area contributed by atoms with Crippen LogP contribution >= 0.6 is 23.2 Å². The summed E-state index contributed by atoms with van der Waals surface area (Å²) in [5.41, 5.74) is 0. The maximum Gasteiger partial charge on any atom is 0.147 e. The third-order valence-electron chi connectivity index (χ3n) is 1.61. The average molecular weight is 196 g/mol. The second-order valence-electron chi connectivity index (χ2n) is 2.38. The maximum absolute atomic E-state index is 5.68. The summed E-state index contributed by atoms with van der Waals surface area (Å²) in [6.45, 7) is 6.00. The van der Waals surface area contributed by atoms with Gasteiger partial charge in [-0.1, -0.05) is 6.08 Å². The van der Waals surface area contributed by atoms with Gasteiger partial charge in [0.15, 0.2) is 0 Å². The fraction of sp³-hybridized carbons (Fsp3) is 0.714. The molecule has 0 aromatic rings. The predicted molar refractivity (Wildman–Crippen MR) is 47.0 cm³/mol. The third kappa shape index (κ3) is 2.34. The third-order valence-corrected chi connectivity index (χ3v) is 2.04. The molecule has 0 N–H and O–H groups in total. The van der Waals surface area contributed by atoms with Crippen molar-refractivity contribution < 1.29 is 4.74 Å². The summed E-state index contributed by atoms with van der Waals surface area (Å²) in [6.07, 6.45) is 1.66. The van der Waals surface area contributed by atoms with E-state index in [9.17, 15) is 0 Å². The highest BCUT2D eigenvalue weighted by Crippen LogP contribution is 2.19. The highest BCUT2D eigenvalue weighted by Gasteiger charge is 2.29. The van der Waals surface area contributed by atoms with Crippen LogP contribution in [0.5, 0.6) is 0 Å². The first-order valence-electron chi connectivity index (χ1n) is 3.50. The second kappa shape index (κ2) is 4.31. The molecule has 1 fully saturated rings. The lowest BCUT2D eigenvalue weighted by molar-refractivity contribution is 0.0508. The van der Waals surface area contributed by atoms with Gasteiger partial charge in [-0.2, -0.15) is 0 Å². The summed E-state index contributed by atoms with van der Waals surface area (Å²) < 4.78 is 5.29. The lowest BCUT2D eigenvalue weighted by atomic mass is 10.4. The molecule has 0 spiro atoms. The molecule has 0 radical (unpaired) electrons. The summed E-state index contributed by atoms with van der Waals surface area (Å²) in [6, 6.07) is 0. The first kappa shape index (κ1) is 9.33. The number of hydrogen-bond acceptors (Lipinski definition) is 2. The van der Waals surface area contributed by atoms with Crippen LogP contribution in [0.15, 0.2) is 12.7 Å². The highest BCUT2D eigenvalue weighted by molar-refractivity contribution is 6.44. The number of ether oxygens (including phenoxy) is 1. The molecule has 0 amide bonds. The molecule has 1 aliphatic rings. The van der Waals surface area contributed by atoms with Gasteiger partial charge in [0.25, 0.3) is 0 Å². The molecule has 1 heterocycles. The Morgan fingerprint density at radius 1 is 1.73 bits per heavy atom. The van der Waals surface area contributed by atoms with Crippen LogP contribution in [0.2, 0.25) is 0 Å². The molecule has 0 bridgehead atoms. The minimum absolute atomic E-state index is 0.156. The van der Waals surface area contributed by atoms with Crippen LogP contribution in [0.4, 0.5) is 0 Å². The van der Waals surface area contributed by atoms with Gasteiger partial charge >= 0.3 is 0 Å². The Kier molecular flexibility index (Phi) is 3.66. The van der Waals surface area contributed by atoms with Crippen molar-refractivity contribution in [3.05, 3.63) is 12.7 Å². The van der Waals surface area contributed by atoms with E-state index in [4.69, 9.17) is 27.9 Å². The standard InChI is InChI=1S/C7H11Cl2NO/c1-2-3-10-4-5-11-7(10)6(8)9/h2,6-7H,1,3-5H2.